The molecular formula is C12H11NO2. The summed E-state index contributed by atoms with van der Waals surface area (Å²) < 4.78 is 4.65. The minimum Gasteiger partial charge on any atom is -0.465 e. The molecule has 0 atom stereocenters. The van der Waals surface area contributed by atoms with E-state index in [9.17, 15) is 4.79 Å². The predicted molar refractivity (Wildman–Crippen MR) is 59.7 cm³/mol. The summed E-state index contributed by atoms with van der Waals surface area (Å²) in [4.78, 5) is 11.3. The quantitative estimate of drug-likeness (QED) is 0.568. The van der Waals surface area contributed by atoms with Crippen LogP contribution in [0.2, 0.25) is 0 Å². The number of hydrogen-bond acceptors (Lipinski definition) is 3. The van der Waals surface area contributed by atoms with Gasteiger partial charge in [-0.2, -0.15) is 0 Å². The van der Waals surface area contributed by atoms with Gasteiger partial charge in [-0.3, -0.25) is 0 Å². The molecule has 0 bridgehead atoms. The Morgan fingerprint density at radius 1 is 1.27 bits per heavy atom. The average molecular weight is 201 g/mol. The van der Waals surface area contributed by atoms with Crippen LogP contribution in [-0.4, -0.2) is 13.1 Å². The minimum absolute atomic E-state index is 0.368. The summed E-state index contributed by atoms with van der Waals surface area (Å²) in [5, 5.41) is 1.89. The Morgan fingerprint density at radius 2 is 2.00 bits per heavy atom. The summed E-state index contributed by atoms with van der Waals surface area (Å²) in [6.07, 6.45) is 0. The van der Waals surface area contributed by atoms with Crippen LogP contribution in [0.1, 0.15) is 10.4 Å². The van der Waals surface area contributed by atoms with Crippen molar-refractivity contribution in [1.82, 2.24) is 0 Å². The van der Waals surface area contributed by atoms with E-state index >= 15 is 0 Å². The van der Waals surface area contributed by atoms with Crippen LogP contribution in [0.4, 0.5) is 5.69 Å². The highest BCUT2D eigenvalue weighted by atomic mass is 16.5. The van der Waals surface area contributed by atoms with Gasteiger partial charge in [-0.15, -0.1) is 0 Å². The number of esters is 1. The van der Waals surface area contributed by atoms with Gasteiger partial charge in [0.05, 0.1) is 12.7 Å². The third-order valence-electron chi connectivity index (χ3n) is 2.31. The Balaban J connectivity index is 2.67. The van der Waals surface area contributed by atoms with Crippen molar-refractivity contribution in [3.63, 3.8) is 0 Å². The Kier molecular flexibility index (Phi) is 2.29. The molecule has 0 saturated carbocycles. The Labute approximate surface area is 87.5 Å². The van der Waals surface area contributed by atoms with E-state index in [0.29, 0.717) is 11.3 Å². The topological polar surface area (TPSA) is 52.3 Å². The molecule has 0 saturated heterocycles. The van der Waals surface area contributed by atoms with E-state index in [1.807, 2.05) is 24.3 Å². The third kappa shape index (κ3) is 1.64. The van der Waals surface area contributed by atoms with Gasteiger partial charge in [0.1, 0.15) is 0 Å². The number of fused-ring (bicyclic) bond motifs is 1. The third-order valence-corrected chi connectivity index (χ3v) is 2.31. The maximum atomic E-state index is 11.3. The van der Waals surface area contributed by atoms with Crippen LogP contribution in [-0.2, 0) is 4.74 Å². The van der Waals surface area contributed by atoms with Crippen molar-refractivity contribution in [2.24, 2.45) is 0 Å². The molecule has 15 heavy (non-hydrogen) atoms. The maximum Gasteiger partial charge on any atom is 0.337 e. The summed E-state index contributed by atoms with van der Waals surface area (Å²) in [7, 11) is 1.35. The molecule has 2 N–H and O–H groups in total. The van der Waals surface area contributed by atoms with Crippen LogP contribution < -0.4 is 5.73 Å². The fourth-order valence-electron chi connectivity index (χ4n) is 1.58. The molecule has 2 aromatic carbocycles. The lowest BCUT2D eigenvalue weighted by Gasteiger charge is -2.05. The molecule has 0 spiro atoms. The van der Waals surface area contributed by atoms with Gasteiger partial charge in [0.25, 0.3) is 0 Å². The van der Waals surface area contributed by atoms with Crippen LogP contribution in [0.3, 0.4) is 0 Å². The second-order valence-corrected chi connectivity index (χ2v) is 3.28. The number of ether oxygens (including phenoxy) is 1. The summed E-state index contributed by atoms with van der Waals surface area (Å²) in [5.41, 5.74) is 6.91. The average Bonchev–Trinajstić information content (AvgIpc) is 2.28. The molecule has 76 valence electrons. The first-order valence-electron chi connectivity index (χ1n) is 4.59. The van der Waals surface area contributed by atoms with Gasteiger partial charge < -0.3 is 10.5 Å². The predicted octanol–water partition coefficient (Wildman–Crippen LogP) is 2.21. The number of hydrogen-bond donors (Lipinski definition) is 1. The van der Waals surface area contributed by atoms with Gasteiger partial charge in [0, 0.05) is 11.1 Å². The fraction of sp³-hybridized carbons (Fsp3) is 0.0833. The summed E-state index contributed by atoms with van der Waals surface area (Å²) in [6.45, 7) is 0. The minimum atomic E-state index is -0.368. The van der Waals surface area contributed by atoms with Crippen LogP contribution in [0.25, 0.3) is 10.8 Å². The second kappa shape index (κ2) is 3.61. The molecule has 0 aromatic heterocycles. The molecule has 0 aliphatic heterocycles. The van der Waals surface area contributed by atoms with E-state index in [4.69, 9.17) is 5.73 Å². The largest absolute Gasteiger partial charge is 0.465 e. The first kappa shape index (κ1) is 9.52. The molecule has 0 radical (unpaired) electrons. The van der Waals surface area contributed by atoms with Gasteiger partial charge in [0.2, 0.25) is 0 Å². The molecule has 3 heteroatoms. The fourth-order valence-corrected chi connectivity index (χ4v) is 1.58. The van der Waals surface area contributed by atoms with Crippen molar-refractivity contribution in [2.45, 2.75) is 0 Å². The van der Waals surface area contributed by atoms with Crippen molar-refractivity contribution >= 4 is 22.4 Å². The normalized spacial score (nSPS) is 10.2. The van der Waals surface area contributed by atoms with Crippen LogP contribution >= 0.6 is 0 Å². The van der Waals surface area contributed by atoms with Gasteiger partial charge in [-0.05, 0) is 17.5 Å². The highest BCUT2D eigenvalue weighted by Gasteiger charge is 2.08. The van der Waals surface area contributed by atoms with Gasteiger partial charge in [0.15, 0.2) is 0 Å². The van der Waals surface area contributed by atoms with Crippen LogP contribution in [0, 0.1) is 0 Å². The van der Waals surface area contributed by atoms with Crippen molar-refractivity contribution in [1.29, 1.82) is 0 Å². The van der Waals surface area contributed by atoms with Crippen LogP contribution in [0.15, 0.2) is 36.4 Å². The lowest BCUT2D eigenvalue weighted by Crippen LogP contribution is -2.02. The number of rotatable bonds is 1. The summed E-state index contributed by atoms with van der Waals surface area (Å²) in [5.74, 6) is -0.368. The van der Waals surface area contributed by atoms with E-state index in [1.54, 1.807) is 12.1 Å². The van der Waals surface area contributed by atoms with E-state index < -0.39 is 0 Å². The molecular weight excluding hydrogens is 190 g/mol. The van der Waals surface area contributed by atoms with E-state index in [1.165, 1.54) is 7.11 Å². The first-order valence-corrected chi connectivity index (χ1v) is 4.59. The molecule has 0 heterocycles. The highest BCUT2D eigenvalue weighted by Crippen LogP contribution is 2.23. The first-order chi connectivity index (χ1) is 7.22. The Hall–Kier alpha value is -2.03. The molecule has 0 fully saturated rings. The standard InChI is InChI=1S/C12H11NO2/c1-15-12(14)9-6-8-4-2-3-5-10(8)11(13)7-9/h2-7H,13H2,1H3. The molecule has 0 aliphatic carbocycles. The lowest BCUT2D eigenvalue weighted by atomic mass is 10.1. The number of nitrogen functional groups attached to an aromatic ring is 1. The van der Waals surface area contributed by atoms with E-state index in [-0.39, 0.29) is 5.97 Å². The lowest BCUT2D eigenvalue weighted by molar-refractivity contribution is 0.0601. The zero-order chi connectivity index (χ0) is 10.8. The molecule has 2 aromatic rings. The smallest absolute Gasteiger partial charge is 0.337 e. The molecule has 0 amide bonds. The SMILES string of the molecule is COC(=O)c1cc(N)c2ccccc2c1. The number of anilines is 1. The number of carbonyl (C=O) groups excluding carboxylic acids is 1. The number of benzene rings is 2. The molecule has 0 aliphatic rings. The summed E-state index contributed by atoms with van der Waals surface area (Å²) in [6, 6.07) is 11.1. The zero-order valence-corrected chi connectivity index (χ0v) is 8.36. The van der Waals surface area contributed by atoms with Crippen LogP contribution in [0.5, 0.6) is 0 Å². The zero-order valence-electron chi connectivity index (χ0n) is 8.36. The Morgan fingerprint density at radius 3 is 2.73 bits per heavy atom. The van der Waals surface area contributed by atoms with E-state index in [2.05, 4.69) is 4.74 Å². The Bertz CT molecular complexity index is 520. The second-order valence-electron chi connectivity index (χ2n) is 3.28. The van der Waals surface area contributed by atoms with Crippen molar-refractivity contribution in [3.05, 3.63) is 42.0 Å². The van der Waals surface area contributed by atoms with Crippen molar-refractivity contribution < 1.29 is 9.53 Å². The van der Waals surface area contributed by atoms with Gasteiger partial charge in [-0.1, -0.05) is 24.3 Å². The van der Waals surface area contributed by atoms with Crippen molar-refractivity contribution in [3.8, 4) is 0 Å². The number of carbonyl (C=O) groups is 1. The highest BCUT2D eigenvalue weighted by molar-refractivity contribution is 6.00. The molecule has 3 nitrogen and oxygen atoms in total. The number of nitrogens with two attached hydrogens (primary N) is 1. The molecule has 2 rings (SSSR count). The monoisotopic (exact) mass is 201 g/mol. The summed E-state index contributed by atoms with van der Waals surface area (Å²) >= 11 is 0. The van der Waals surface area contributed by atoms with Gasteiger partial charge in [-0.25, -0.2) is 4.79 Å². The van der Waals surface area contributed by atoms with E-state index in [0.717, 1.165) is 10.8 Å². The van der Waals surface area contributed by atoms with Gasteiger partial charge >= 0.3 is 5.97 Å². The maximum absolute atomic E-state index is 11.3. The molecule has 0 unspecified atom stereocenters. The van der Waals surface area contributed by atoms with Crippen molar-refractivity contribution in [2.75, 3.05) is 12.8 Å². The number of methoxy groups -OCH3 is 1.